The fraction of sp³-hybridized carbons (Fsp3) is 0.409. The predicted octanol–water partition coefficient (Wildman–Crippen LogP) is 2.27. The number of hydrogen-bond acceptors (Lipinski definition) is 8. The maximum atomic E-state index is 13.1. The Morgan fingerprint density at radius 3 is 2.62 bits per heavy atom. The Hall–Kier alpha value is -3.40. The molecule has 0 amide bonds. The number of rotatable bonds is 7. The van der Waals surface area contributed by atoms with Crippen molar-refractivity contribution in [3.05, 3.63) is 53.9 Å². The zero-order valence-electron chi connectivity index (χ0n) is 18.2. The second-order valence-corrected chi connectivity index (χ2v) is 7.97. The first-order valence-corrected chi connectivity index (χ1v) is 10.5. The van der Waals surface area contributed by atoms with Gasteiger partial charge in [-0.15, -0.1) is 0 Å². The Balaban J connectivity index is 1.36. The van der Waals surface area contributed by atoms with Crippen LogP contribution in [0.15, 0.2) is 36.8 Å². The highest BCUT2D eigenvalue weighted by atomic mass is 19.1. The lowest BCUT2D eigenvalue weighted by Gasteiger charge is -2.39. The molecule has 0 aromatic carbocycles. The van der Waals surface area contributed by atoms with E-state index in [-0.39, 0.29) is 5.78 Å². The minimum Gasteiger partial charge on any atom is -0.384 e. The summed E-state index contributed by atoms with van der Waals surface area (Å²) in [5.74, 6) is 1.19. The largest absolute Gasteiger partial charge is 0.384 e. The molecular weight excluding hydrogens is 413 g/mol. The minimum absolute atomic E-state index is 0.0718. The van der Waals surface area contributed by atoms with E-state index in [9.17, 15) is 9.18 Å². The van der Waals surface area contributed by atoms with Crippen molar-refractivity contribution in [2.45, 2.75) is 38.2 Å². The van der Waals surface area contributed by atoms with Crippen molar-refractivity contribution in [2.75, 3.05) is 30.8 Å². The number of carbonyl (C=O) groups excluding carboxylic acids is 1. The normalized spacial score (nSPS) is 15.7. The molecule has 4 rings (SSSR count). The lowest BCUT2D eigenvalue weighted by molar-refractivity contribution is -0.143. The lowest BCUT2D eigenvalue weighted by atomic mass is 9.84. The summed E-state index contributed by atoms with van der Waals surface area (Å²) in [5.41, 5.74) is 6.76. The van der Waals surface area contributed by atoms with Gasteiger partial charge in [0.1, 0.15) is 11.4 Å². The van der Waals surface area contributed by atoms with Crippen molar-refractivity contribution < 1.29 is 13.9 Å². The van der Waals surface area contributed by atoms with E-state index < -0.39 is 11.4 Å². The Bertz CT molecular complexity index is 1070. The fourth-order valence-corrected chi connectivity index (χ4v) is 3.99. The van der Waals surface area contributed by atoms with Crippen molar-refractivity contribution in [1.29, 1.82) is 0 Å². The highest BCUT2D eigenvalue weighted by molar-refractivity contribution is 5.88. The number of methoxy groups -OCH3 is 1. The molecule has 0 aliphatic carbocycles. The van der Waals surface area contributed by atoms with Crippen molar-refractivity contribution in [3.63, 3.8) is 0 Å². The summed E-state index contributed by atoms with van der Waals surface area (Å²) in [6.45, 7) is 3.10. The predicted molar refractivity (Wildman–Crippen MR) is 117 cm³/mol. The number of nitrogens with zero attached hydrogens (tertiary/aromatic N) is 6. The van der Waals surface area contributed by atoms with E-state index in [1.807, 2.05) is 17.9 Å². The van der Waals surface area contributed by atoms with E-state index in [4.69, 9.17) is 10.5 Å². The van der Waals surface area contributed by atoms with Gasteiger partial charge in [0.15, 0.2) is 17.4 Å². The molecule has 0 bridgehead atoms. The van der Waals surface area contributed by atoms with Crippen LogP contribution in [0, 0.1) is 12.7 Å². The number of pyridine rings is 1. The highest BCUT2D eigenvalue weighted by Crippen LogP contribution is 2.30. The third-order valence-corrected chi connectivity index (χ3v) is 5.85. The molecule has 2 N–H and O–H groups in total. The minimum atomic E-state index is -0.814. The number of halogens is 1. The Morgan fingerprint density at radius 1 is 1.25 bits per heavy atom. The topological polar surface area (TPSA) is 112 Å². The van der Waals surface area contributed by atoms with Crippen LogP contribution in [0.1, 0.15) is 30.5 Å². The average molecular weight is 439 g/mol. The van der Waals surface area contributed by atoms with E-state index in [0.717, 1.165) is 17.5 Å². The van der Waals surface area contributed by atoms with Gasteiger partial charge in [-0.3, -0.25) is 4.79 Å². The number of ketones is 1. The van der Waals surface area contributed by atoms with Crippen LogP contribution in [-0.4, -0.2) is 56.3 Å². The number of ether oxygens (including phenoxy) is 1. The molecule has 10 heteroatoms. The van der Waals surface area contributed by atoms with Crippen molar-refractivity contribution in [1.82, 2.24) is 24.7 Å². The first-order valence-electron chi connectivity index (χ1n) is 10.5. The third kappa shape index (κ3) is 4.59. The van der Waals surface area contributed by atoms with Crippen LogP contribution in [-0.2, 0) is 16.0 Å². The van der Waals surface area contributed by atoms with Crippen LogP contribution in [0.4, 0.5) is 16.2 Å². The van der Waals surface area contributed by atoms with Crippen LogP contribution in [0.5, 0.6) is 0 Å². The molecule has 168 valence electrons. The van der Waals surface area contributed by atoms with Gasteiger partial charge in [0.05, 0.1) is 12.4 Å². The molecule has 0 atom stereocenters. The number of nitrogens with two attached hydrogens (primary N) is 1. The van der Waals surface area contributed by atoms with Gasteiger partial charge in [-0.05, 0) is 25.0 Å². The molecule has 1 saturated heterocycles. The van der Waals surface area contributed by atoms with Gasteiger partial charge >= 0.3 is 0 Å². The van der Waals surface area contributed by atoms with Crippen molar-refractivity contribution >= 4 is 17.5 Å². The molecule has 0 saturated carbocycles. The summed E-state index contributed by atoms with van der Waals surface area (Å²) >= 11 is 0. The van der Waals surface area contributed by atoms with Crippen LogP contribution in [0.3, 0.4) is 0 Å². The average Bonchev–Trinajstić information content (AvgIpc) is 3.23. The molecule has 0 radical (unpaired) electrons. The molecule has 0 spiro atoms. The van der Waals surface area contributed by atoms with E-state index in [1.54, 1.807) is 25.4 Å². The molecule has 3 aromatic heterocycles. The van der Waals surface area contributed by atoms with Gasteiger partial charge in [-0.25, -0.2) is 19.0 Å². The second kappa shape index (κ2) is 8.99. The number of nitrogen functional groups attached to an aromatic ring is 1. The number of Topliss-reactive ketones (excluding diaryl/α,β-unsaturated/α-hetero) is 1. The molecular formula is C22H26FN7O2. The van der Waals surface area contributed by atoms with Crippen LogP contribution >= 0.6 is 0 Å². The van der Waals surface area contributed by atoms with Crippen LogP contribution < -0.4 is 10.6 Å². The number of carbonyl (C=O) groups is 1. The van der Waals surface area contributed by atoms with E-state index in [1.165, 1.54) is 10.9 Å². The Morgan fingerprint density at radius 2 is 2.03 bits per heavy atom. The molecule has 0 unspecified atom stereocenters. The van der Waals surface area contributed by atoms with Gasteiger partial charge in [0.25, 0.3) is 0 Å². The van der Waals surface area contributed by atoms with Gasteiger partial charge in [0.2, 0.25) is 5.95 Å². The SMILES string of the molecule is COC1(C(=O)CCc2ccc(-n3cc(F)cn3)nc2)CCN(c2nc(C)cc(N)n2)CC1. The summed E-state index contributed by atoms with van der Waals surface area (Å²) in [6.07, 6.45) is 6.08. The van der Waals surface area contributed by atoms with E-state index >= 15 is 0 Å². The Labute approximate surface area is 185 Å². The van der Waals surface area contributed by atoms with Gasteiger partial charge in [-0.2, -0.15) is 10.1 Å². The third-order valence-electron chi connectivity index (χ3n) is 5.85. The van der Waals surface area contributed by atoms with Crippen molar-refractivity contribution in [2.24, 2.45) is 0 Å². The number of aryl methyl sites for hydroxylation is 2. The number of aromatic nitrogens is 5. The molecule has 1 aliphatic rings. The second-order valence-electron chi connectivity index (χ2n) is 7.97. The number of hydrogen-bond donors (Lipinski definition) is 1. The maximum absolute atomic E-state index is 13.1. The zero-order valence-corrected chi connectivity index (χ0v) is 18.2. The van der Waals surface area contributed by atoms with Gasteiger partial charge in [-0.1, -0.05) is 6.07 Å². The fourth-order valence-electron chi connectivity index (χ4n) is 3.99. The summed E-state index contributed by atoms with van der Waals surface area (Å²) in [7, 11) is 1.59. The zero-order chi connectivity index (χ0) is 22.7. The summed E-state index contributed by atoms with van der Waals surface area (Å²) < 4.78 is 20.2. The lowest BCUT2D eigenvalue weighted by Crippen LogP contribution is -2.51. The number of piperidine rings is 1. The molecule has 4 heterocycles. The van der Waals surface area contributed by atoms with Crippen LogP contribution in [0.2, 0.25) is 0 Å². The van der Waals surface area contributed by atoms with E-state index in [2.05, 4.69) is 20.1 Å². The summed E-state index contributed by atoms with van der Waals surface area (Å²) in [5, 5.41) is 3.90. The van der Waals surface area contributed by atoms with E-state index in [0.29, 0.717) is 56.4 Å². The number of anilines is 2. The highest BCUT2D eigenvalue weighted by Gasteiger charge is 2.41. The van der Waals surface area contributed by atoms with Gasteiger partial charge < -0.3 is 15.4 Å². The maximum Gasteiger partial charge on any atom is 0.227 e. The molecule has 1 fully saturated rings. The summed E-state index contributed by atoms with van der Waals surface area (Å²) in [4.78, 5) is 28.2. The molecule has 9 nitrogen and oxygen atoms in total. The molecule has 3 aromatic rings. The van der Waals surface area contributed by atoms with Crippen LogP contribution in [0.25, 0.3) is 5.82 Å². The Kier molecular flexibility index (Phi) is 6.13. The first kappa shape index (κ1) is 21.8. The first-order chi connectivity index (χ1) is 15.4. The van der Waals surface area contributed by atoms with Gasteiger partial charge in [0, 0.05) is 57.4 Å². The molecule has 1 aliphatic heterocycles. The standard InChI is InChI=1S/C22H26FN7O2/c1-15-11-19(24)28-21(27-15)29-9-7-22(32-2,8-10-29)18(31)5-3-16-4-6-20(25-12-16)30-14-17(23)13-26-30/h4,6,11-14H,3,5,7-10H2,1-2H3,(H2,24,27,28). The molecule has 32 heavy (non-hydrogen) atoms. The smallest absolute Gasteiger partial charge is 0.227 e. The quantitative estimate of drug-likeness (QED) is 0.597. The van der Waals surface area contributed by atoms with Crippen molar-refractivity contribution in [3.8, 4) is 5.82 Å². The monoisotopic (exact) mass is 439 g/mol. The summed E-state index contributed by atoms with van der Waals surface area (Å²) in [6, 6.07) is 5.35.